The van der Waals surface area contributed by atoms with E-state index in [4.69, 9.17) is 11.6 Å². The Morgan fingerprint density at radius 1 is 1.11 bits per heavy atom. The summed E-state index contributed by atoms with van der Waals surface area (Å²) >= 11 is 5.88. The van der Waals surface area contributed by atoms with E-state index < -0.39 is 20.0 Å². The van der Waals surface area contributed by atoms with Crippen molar-refractivity contribution in [1.29, 1.82) is 0 Å². The van der Waals surface area contributed by atoms with E-state index in [0.29, 0.717) is 29.4 Å². The van der Waals surface area contributed by atoms with Gasteiger partial charge in [0.05, 0.1) is 22.0 Å². The van der Waals surface area contributed by atoms with Crippen LogP contribution in [-0.2, 0) is 26.5 Å². The number of anilines is 2. The van der Waals surface area contributed by atoms with Crippen molar-refractivity contribution in [2.45, 2.75) is 31.1 Å². The van der Waals surface area contributed by atoms with Gasteiger partial charge < -0.3 is 0 Å². The Labute approximate surface area is 165 Å². The Bertz CT molecular complexity index is 1050. The molecule has 0 aromatic heterocycles. The maximum atomic E-state index is 12.6. The second kappa shape index (κ2) is 7.69. The second-order valence-corrected chi connectivity index (χ2v) is 10.5. The van der Waals surface area contributed by atoms with Crippen LogP contribution in [0.3, 0.4) is 0 Å². The quantitative estimate of drug-likeness (QED) is 0.761. The lowest BCUT2D eigenvalue weighted by molar-refractivity contribution is 0.585. The van der Waals surface area contributed by atoms with Crippen LogP contribution in [0.15, 0.2) is 47.4 Å². The van der Waals surface area contributed by atoms with Crippen molar-refractivity contribution < 1.29 is 16.8 Å². The van der Waals surface area contributed by atoms with Crippen LogP contribution < -0.4 is 9.03 Å². The van der Waals surface area contributed by atoms with E-state index in [2.05, 4.69) is 4.72 Å². The van der Waals surface area contributed by atoms with Gasteiger partial charge >= 0.3 is 0 Å². The van der Waals surface area contributed by atoms with Crippen LogP contribution in [0.25, 0.3) is 0 Å². The van der Waals surface area contributed by atoms with Crippen molar-refractivity contribution in [3.05, 3.63) is 53.1 Å². The summed E-state index contributed by atoms with van der Waals surface area (Å²) in [5, 5.41) is 0.320. The molecule has 0 radical (unpaired) electrons. The van der Waals surface area contributed by atoms with Crippen LogP contribution in [0.4, 0.5) is 11.4 Å². The Hall–Kier alpha value is -1.77. The summed E-state index contributed by atoms with van der Waals surface area (Å²) < 4.78 is 54.3. The van der Waals surface area contributed by atoms with E-state index in [1.165, 1.54) is 16.4 Å². The maximum Gasteiger partial charge on any atom is 0.261 e. The first kappa shape index (κ1) is 20.0. The molecule has 1 N–H and O–H groups in total. The van der Waals surface area contributed by atoms with Crippen LogP contribution in [0.2, 0.25) is 5.02 Å². The maximum absolute atomic E-state index is 12.6. The lowest BCUT2D eigenvalue weighted by Crippen LogP contribution is -2.37. The van der Waals surface area contributed by atoms with Crippen LogP contribution >= 0.6 is 11.6 Å². The molecule has 27 heavy (non-hydrogen) atoms. The SMILES string of the molecule is CCCS(=O)(=O)N1CCCc2ccc(NS(=O)(=O)c3cccc(Cl)c3)cc21. The van der Waals surface area contributed by atoms with E-state index in [1.807, 2.05) is 6.92 Å². The summed E-state index contributed by atoms with van der Waals surface area (Å²) in [6.07, 6.45) is 2.02. The number of benzene rings is 2. The molecule has 1 heterocycles. The molecule has 1 aliphatic rings. The third kappa shape index (κ3) is 4.39. The molecule has 0 saturated heterocycles. The number of hydrogen-bond donors (Lipinski definition) is 1. The third-order valence-electron chi connectivity index (χ3n) is 4.32. The zero-order chi connectivity index (χ0) is 19.7. The fourth-order valence-corrected chi connectivity index (χ4v) is 6.07. The van der Waals surface area contributed by atoms with Crippen molar-refractivity contribution in [3.8, 4) is 0 Å². The Balaban J connectivity index is 1.95. The van der Waals surface area contributed by atoms with Crippen molar-refractivity contribution in [2.75, 3.05) is 21.3 Å². The largest absolute Gasteiger partial charge is 0.280 e. The Kier molecular flexibility index (Phi) is 5.69. The van der Waals surface area contributed by atoms with Gasteiger partial charge in [0.1, 0.15) is 0 Å². The van der Waals surface area contributed by atoms with Crippen LogP contribution in [0, 0.1) is 0 Å². The van der Waals surface area contributed by atoms with Gasteiger partial charge in [-0.1, -0.05) is 30.7 Å². The molecule has 3 rings (SSSR count). The van der Waals surface area contributed by atoms with E-state index >= 15 is 0 Å². The van der Waals surface area contributed by atoms with Gasteiger partial charge in [-0.2, -0.15) is 0 Å². The topological polar surface area (TPSA) is 83.6 Å². The van der Waals surface area contributed by atoms with Crippen molar-refractivity contribution in [3.63, 3.8) is 0 Å². The van der Waals surface area contributed by atoms with Gasteiger partial charge in [0.2, 0.25) is 10.0 Å². The molecular weight excluding hydrogens is 408 g/mol. The predicted molar refractivity (Wildman–Crippen MR) is 108 cm³/mol. The first-order chi connectivity index (χ1) is 12.7. The molecule has 2 aromatic rings. The van der Waals surface area contributed by atoms with Gasteiger partial charge in [-0.25, -0.2) is 16.8 Å². The fraction of sp³-hybridized carbons (Fsp3) is 0.333. The van der Waals surface area contributed by atoms with Gasteiger partial charge in [-0.3, -0.25) is 9.03 Å². The molecule has 9 heteroatoms. The lowest BCUT2D eigenvalue weighted by Gasteiger charge is -2.31. The number of fused-ring (bicyclic) bond motifs is 1. The van der Waals surface area contributed by atoms with Crippen molar-refractivity contribution >= 4 is 43.0 Å². The number of hydrogen-bond acceptors (Lipinski definition) is 4. The minimum atomic E-state index is -3.83. The zero-order valence-electron chi connectivity index (χ0n) is 14.9. The number of nitrogens with one attached hydrogen (secondary N) is 1. The number of nitrogens with zero attached hydrogens (tertiary/aromatic N) is 1. The van der Waals surface area contributed by atoms with Crippen LogP contribution in [0.5, 0.6) is 0 Å². The average molecular weight is 429 g/mol. The average Bonchev–Trinajstić information content (AvgIpc) is 2.60. The third-order valence-corrected chi connectivity index (χ3v) is 7.91. The Morgan fingerprint density at radius 2 is 1.89 bits per heavy atom. The zero-order valence-corrected chi connectivity index (χ0v) is 17.2. The summed E-state index contributed by atoms with van der Waals surface area (Å²) in [4.78, 5) is 0.0446. The highest BCUT2D eigenvalue weighted by Crippen LogP contribution is 2.33. The number of sulfonamides is 2. The van der Waals surface area contributed by atoms with Crippen LogP contribution in [-0.4, -0.2) is 29.1 Å². The molecule has 0 bridgehead atoms. The molecular formula is C18H21ClN2O4S2. The summed E-state index contributed by atoms with van der Waals surface area (Å²) in [6, 6.07) is 11.0. The molecule has 1 aliphatic heterocycles. The lowest BCUT2D eigenvalue weighted by atomic mass is 10.0. The first-order valence-corrected chi connectivity index (χ1v) is 12.1. The summed E-state index contributed by atoms with van der Waals surface area (Å²) in [5.41, 5.74) is 1.75. The molecule has 0 aliphatic carbocycles. The van der Waals surface area contributed by atoms with E-state index in [1.54, 1.807) is 30.3 Å². The summed E-state index contributed by atoms with van der Waals surface area (Å²) in [7, 11) is -7.25. The smallest absolute Gasteiger partial charge is 0.261 e. The number of rotatable bonds is 6. The fourth-order valence-electron chi connectivity index (χ4n) is 3.11. The standard InChI is InChI=1S/C18H21ClN2O4S2/c1-2-11-26(22,23)21-10-4-5-14-8-9-16(13-18(14)21)20-27(24,25)17-7-3-6-15(19)12-17/h3,6-9,12-13,20H,2,4-5,10-11H2,1H3. The summed E-state index contributed by atoms with van der Waals surface area (Å²) in [6.45, 7) is 2.22. The molecule has 6 nitrogen and oxygen atoms in total. The molecule has 0 spiro atoms. The second-order valence-electron chi connectivity index (χ2n) is 6.40. The van der Waals surface area contributed by atoms with Gasteiger partial charge in [0.25, 0.3) is 10.0 Å². The monoisotopic (exact) mass is 428 g/mol. The highest BCUT2D eigenvalue weighted by Gasteiger charge is 2.27. The van der Waals surface area contributed by atoms with E-state index in [9.17, 15) is 16.8 Å². The van der Waals surface area contributed by atoms with Gasteiger partial charge in [-0.05, 0) is 55.2 Å². The van der Waals surface area contributed by atoms with Crippen LogP contribution in [0.1, 0.15) is 25.3 Å². The molecule has 146 valence electrons. The minimum absolute atomic E-state index is 0.0446. The van der Waals surface area contributed by atoms with Crippen molar-refractivity contribution in [1.82, 2.24) is 0 Å². The molecule has 0 saturated carbocycles. The Morgan fingerprint density at radius 3 is 2.59 bits per heavy atom. The van der Waals surface area contributed by atoms with E-state index in [-0.39, 0.29) is 10.6 Å². The van der Waals surface area contributed by atoms with Gasteiger partial charge in [0, 0.05) is 11.6 Å². The molecule has 0 amide bonds. The normalized spacial score (nSPS) is 14.7. The molecule has 0 fully saturated rings. The first-order valence-electron chi connectivity index (χ1n) is 8.65. The van der Waals surface area contributed by atoms with Gasteiger partial charge in [-0.15, -0.1) is 0 Å². The minimum Gasteiger partial charge on any atom is -0.280 e. The molecule has 2 aromatic carbocycles. The number of halogens is 1. The van der Waals surface area contributed by atoms with Gasteiger partial charge in [0.15, 0.2) is 0 Å². The predicted octanol–water partition coefficient (Wildman–Crippen LogP) is 3.63. The van der Waals surface area contributed by atoms with Crippen molar-refractivity contribution in [2.24, 2.45) is 0 Å². The number of aryl methyl sites for hydroxylation is 1. The highest BCUT2D eigenvalue weighted by molar-refractivity contribution is 7.93. The molecule has 0 atom stereocenters. The van der Waals surface area contributed by atoms with E-state index in [0.717, 1.165) is 18.4 Å². The summed E-state index contributed by atoms with van der Waals surface area (Å²) in [5.74, 6) is 0.0604. The molecule has 0 unspecified atom stereocenters. The highest BCUT2D eigenvalue weighted by atomic mass is 35.5.